The summed E-state index contributed by atoms with van der Waals surface area (Å²) in [4.78, 5) is 23.7. The Morgan fingerprint density at radius 1 is 1.13 bits per heavy atom. The Bertz CT molecular complexity index is 604. The van der Waals surface area contributed by atoms with Gasteiger partial charge in [-0.25, -0.2) is 9.59 Å². The molecule has 23 heavy (non-hydrogen) atoms. The monoisotopic (exact) mass is 394 g/mol. The van der Waals surface area contributed by atoms with Gasteiger partial charge in [0.2, 0.25) is 0 Å². The Kier molecular flexibility index (Phi) is 6.80. The lowest BCUT2D eigenvalue weighted by atomic mass is 10.1. The number of benzene rings is 1. The first-order chi connectivity index (χ1) is 10.7. The van der Waals surface area contributed by atoms with E-state index in [1.54, 1.807) is 13.8 Å². The lowest BCUT2D eigenvalue weighted by Crippen LogP contribution is -2.18. The van der Waals surface area contributed by atoms with Crippen LogP contribution in [-0.4, -0.2) is 25.2 Å². The molecule has 0 bridgehead atoms. The first kappa shape index (κ1) is 19.2. The van der Waals surface area contributed by atoms with E-state index in [1.165, 1.54) is 6.07 Å². The zero-order valence-electron chi connectivity index (χ0n) is 12.4. The Morgan fingerprint density at radius 3 is 2.09 bits per heavy atom. The molecule has 0 saturated heterocycles. The summed E-state index contributed by atoms with van der Waals surface area (Å²) >= 11 is 3.09. The smallest absolute Gasteiger partial charge is 0.416 e. The molecule has 0 saturated carbocycles. The molecule has 0 N–H and O–H groups in total. The predicted molar refractivity (Wildman–Crippen MR) is 80.4 cm³/mol. The molecule has 0 aliphatic heterocycles. The van der Waals surface area contributed by atoms with Crippen molar-refractivity contribution < 1.29 is 32.2 Å². The van der Waals surface area contributed by atoms with Gasteiger partial charge in [0.05, 0.1) is 18.8 Å². The van der Waals surface area contributed by atoms with E-state index in [9.17, 15) is 22.8 Å². The van der Waals surface area contributed by atoms with Crippen molar-refractivity contribution in [1.82, 2.24) is 0 Å². The van der Waals surface area contributed by atoms with E-state index in [1.807, 2.05) is 0 Å². The van der Waals surface area contributed by atoms with E-state index >= 15 is 0 Å². The molecule has 0 unspecified atom stereocenters. The number of alkyl halides is 3. The van der Waals surface area contributed by atoms with Gasteiger partial charge in [0.1, 0.15) is 5.57 Å². The van der Waals surface area contributed by atoms with Crippen molar-refractivity contribution in [2.24, 2.45) is 0 Å². The van der Waals surface area contributed by atoms with Crippen LogP contribution in [0, 0.1) is 0 Å². The summed E-state index contributed by atoms with van der Waals surface area (Å²) in [6, 6.07) is 2.89. The first-order valence-corrected chi connectivity index (χ1v) is 7.42. The van der Waals surface area contributed by atoms with Crippen LogP contribution in [0.4, 0.5) is 13.2 Å². The highest BCUT2D eigenvalue weighted by Gasteiger charge is 2.31. The van der Waals surface area contributed by atoms with Gasteiger partial charge in [-0.05, 0) is 43.7 Å². The van der Waals surface area contributed by atoms with Crippen molar-refractivity contribution in [2.45, 2.75) is 20.0 Å². The number of ether oxygens (including phenoxy) is 2. The summed E-state index contributed by atoms with van der Waals surface area (Å²) in [7, 11) is 0. The maximum atomic E-state index is 12.8. The lowest BCUT2D eigenvalue weighted by Gasteiger charge is -2.10. The van der Waals surface area contributed by atoms with Gasteiger partial charge in [-0.3, -0.25) is 0 Å². The summed E-state index contributed by atoms with van der Waals surface area (Å²) in [6.45, 7) is 3.11. The summed E-state index contributed by atoms with van der Waals surface area (Å²) in [5, 5.41) is 0. The third-order valence-corrected chi connectivity index (χ3v) is 3.34. The lowest BCUT2D eigenvalue weighted by molar-refractivity contribution is -0.146. The van der Waals surface area contributed by atoms with E-state index < -0.39 is 29.3 Å². The van der Waals surface area contributed by atoms with E-state index in [0.717, 1.165) is 18.2 Å². The minimum atomic E-state index is -4.54. The Balaban J connectivity index is 3.35. The molecule has 1 aromatic rings. The van der Waals surface area contributed by atoms with Crippen molar-refractivity contribution in [3.63, 3.8) is 0 Å². The molecule has 0 amide bonds. The average Bonchev–Trinajstić information content (AvgIpc) is 2.45. The highest BCUT2D eigenvalue weighted by atomic mass is 79.9. The quantitative estimate of drug-likeness (QED) is 0.328. The highest BCUT2D eigenvalue weighted by molar-refractivity contribution is 9.10. The number of hydrogen-bond donors (Lipinski definition) is 0. The number of hydrogen-bond acceptors (Lipinski definition) is 4. The summed E-state index contributed by atoms with van der Waals surface area (Å²) in [6.07, 6.45) is -3.54. The zero-order valence-corrected chi connectivity index (χ0v) is 14.0. The fourth-order valence-corrected chi connectivity index (χ4v) is 1.97. The van der Waals surface area contributed by atoms with Gasteiger partial charge in [0.25, 0.3) is 0 Å². The third kappa shape index (κ3) is 5.38. The standard InChI is InChI=1S/C15H14BrF3O4/c1-3-22-13(20)11(14(21)23-4-2)8-9-7-10(15(17,18)19)5-6-12(9)16/h5-8H,3-4H2,1-2H3. The normalized spacial score (nSPS) is 10.9. The van der Waals surface area contributed by atoms with Gasteiger partial charge in [0, 0.05) is 4.47 Å². The predicted octanol–water partition coefficient (Wildman–Crippen LogP) is 3.98. The molecule has 0 heterocycles. The summed E-state index contributed by atoms with van der Waals surface area (Å²) < 4.78 is 48.1. The summed E-state index contributed by atoms with van der Waals surface area (Å²) in [5.41, 5.74) is -1.37. The van der Waals surface area contributed by atoms with Crippen LogP contribution < -0.4 is 0 Å². The van der Waals surface area contributed by atoms with Crippen LogP contribution in [0.2, 0.25) is 0 Å². The fraction of sp³-hybridized carbons (Fsp3) is 0.333. The van der Waals surface area contributed by atoms with Crippen LogP contribution in [0.3, 0.4) is 0 Å². The topological polar surface area (TPSA) is 52.6 Å². The maximum absolute atomic E-state index is 12.8. The van der Waals surface area contributed by atoms with Gasteiger partial charge in [-0.15, -0.1) is 0 Å². The molecular weight excluding hydrogens is 381 g/mol. The van der Waals surface area contributed by atoms with Crippen molar-refractivity contribution in [2.75, 3.05) is 13.2 Å². The van der Waals surface area contributed by atoms with Crippen LogP contribution in [0.5, 0.6) is 0 Å². The van der Waals surface area contributed by atoms with Crippen molar-refractivity contribution >= 4 is 33.9 Å². The van der Waals surface area contributed by atoms with E-state index in [4.69, 9.17) is 9.47 Å². The average molecular weight is 395 g/mol. The van der Waals surface area contributed by atoms with Crippen molar-refractivity contribution in [3.05, 3.63) is 39.4 Å². The van der Waals surface area contributed by atoms with Crippen LogP contribution >= 0.6 is 15.9 Å². The van der Waals surface area contributed by atoms with Crippen LogP contribution in [0.1, 0.15) is 25.0 Å². The molecule has 1 rings (SSSR count). The summed E-state index contributed by atoms with van der Waals surface area (Å²) in [5.74, 6) is -1.93. The molecule has 0 fully saturated rings. The van der Waals surface area contributed by atoms with Gasteiger partial charge in [0.15, 0.2) is 0 Å². The molecule has 0 spiro atoms. The van der Waals surface area contributed by atoms with Gasteiger partial charge >= 0.3 is 18.1 Å². The van der Waals surface area contributed by atoms with Crippen LogP contribution in [0.25, 0.3) is 6.08 Å². The molecular formula is C15H14BrF3O4. The Morgan fingerprint density at radius 2 is 1.65 bits per heavy atom. The fourth-order valence-electron chi connectivity index (χ4n) is 1.61. The first-order valence-electron chi connectivity index (χ1n) is 6.63. The maximum Gasteiger partial charge on any atom is 0.416 e. The van der Waals surface area contributed by atoms with E-state index in [0.29, 0.717) is 0 Å². The highest BCUT2D eigenvalue weighted by Crippen LogP contribution is 2.32. The van der Waals surface area contributed by atoms with E-state index in [2.05, 4.69) is 15.9 Å². The van der Waals surface area contributed by atoms with Crippen LogP contribution in [0.15, 0.2) is 28.2 Å². The molecule has 0 radical (unpaired) electrons. The molecule has 4 nitrogen and oxygen atoms in total. The van der Waals surface area contributed by atoms with Gasteiger partial charge in [-0.1, -0.05) is 15.9 Å². The number of halogens is 4. The third-order valence-electron chi connectivity index (χ3n) is 2.61. The zero-order chi connectivity index (χ0) is 17.6. The molecule has 126 valence electrons. The second kappa shape index (κ2) is 8.14. The molecule has 1 aromatic carbocycles. The van der Waals surface area contributed by atoms with Crippen LogP contribution in [-0.2, 0) is 25.2 Å². The Hall–Kier alpha value is -1.83. The largest absolute Gasteiger partial charge is 0.462 e. The van der Waals surface area contributed by atoms with E-state index in [-0.39, 0.29) is 23.2 Å². The molecule has 0 aliphatic rings. The van der Waals surface area contributed by atoms with Crippen molar-refractivity contribution in [1.29, 1.82) is 0 Å². The number of carbonyl (C=O) groups excluding carboxylic acids is 2. The van der Waals surface area contributed by atoms with Gasteiger partial charge < -0.3 is 9.47 Å². The molecule has 0 atom stereocenters. The number of carbonyl (C=O) groups is 2. The molecule has 0 aromatic heterocycles. The van der Waals surface area contributed by atoms with Gasteiger partial charge in [-0.2, -0.15) is 13.2 Å². The molecule has 8 heteroatoms. The minimum absolute atomic E-state index is 0.0101. The second-order valence-electron chi connectivity index (χ2n) is 4.23. The number of esters is 2. The number of rotatable bonds is 5. The minimum Gasteiger partial charge on any atom is -0.462 e. The van der Waals surface area contributed by atoms with Crippen molar-refractivity contribution in [3.8, 4) is 0 Å². The Labute approximate surface area is 139 Å². The second-order valence-corrected chi connectivity index (χ2v) is 5.09. The SMILES string of the molecule is CCOC(=O)C(=Cc1cc(C(F)(F)F)ccc1Br)C(=O)OCC. The molecule has 0 aliphatic carbocycles.